The highest BCUT2D eigenvalue weighted by Crippen LogP contribution is 2.34. The molecule has 0 spiro atoms. The summed E-state index contributed by atoms with van der Waals surface area (Å²) in [7, 11) is 0.588. The monoisotopic (exact) mass is 657 g/mol. The minimum absolute atomic E-state index is 0.0799. The first-order chi connectivity index (χ1) is 21.8. The summed E-state index contributed by atoms with van der Waals surface area (Å²) in [6.45, 7) is 1.02. The standard InChI is InChI=1S/C31H38F3N9O2S/c1-42(2)18-20-6-8-22(9-7-20)39-27-15-30(35,37-17-25(27)26-5-3-4-23(40-26)14-31(32,33)34)28-12-13-36-29(41-28)21-16-38-43(19-21)46(44,45)24-10-11-24/h3-5,12-13,15-17,19-20,22,24,37,39H,6-11,14,18,35H2,1-2H3. The van der Waals surface area contributed by atoms with E-state index in [-0.39, 0.29) is 17.6 Å². The fourth-order valence-electron chi connectivity index (χ4n) is 6.06. The number of rotatable bonds is 10. The molecule has 2 fully saturated rings. The highest BCUT2D eigenvalue weighted by molar-refractivity contribution is 7.90. The maximum atomic E-state index is 13.2. The molecule has 2 aliphatic carbocycles. The van der Waals surface area contributed by atoms with Crippen molar-refractivity contribution in [1.29, 1.82) is 0 Å². The molecule has 0 saturated heterocycles. The third-order valence-corrected chi connectivity index (χ3v) is 10.6. The van der Waals surface area contributed by atoms with E-state index in [1.807, 2.05) is 0 Å². The van der Waals surface area contributed by atoms with Gasteiger partial charge < -0.3 is 21.3 Å². The minimum atomic E-state index is -4.39. The van der Waals surface area contributed by atoms with Gasteiger partial charge in [0, 0.05) is 36.3 Å². The van der Waals surface area contributed by atoms with Gasteiger partial charge in [0.25, 0.3) is 10.0 Å². The summed E-state index contributed by atoms with van der Waals surface area (Å²) in [6, 6.07) is 6.40. The lowest BCUT2D eigenvalue weighted by atomic mass is 9.85. The molecular formula is C31H38F3N9O2S. The summed E-state index contributed by atoms with van der Waals surface area (Å²) in [5.74, 6) is 0.849. The number of nitrogens with two attached hydrogens (primary N) is 1. The van der Waals surface area contributed by atoms with Gasteiger partial charge in [-0.25, -0.2) is 18.4 Å². The highest BCUT2D eigenvalue weighted by Gasteiger charge is 2.38. The smallest absolute Gasteiger partial charge is 0.382 e. The van der Waals surface area contributed by atoms with E-state index in [2.05, 4.69) is 49.7 Å². The molecule has 46 heavy (non-hydrogen) atoms. The van der Waals surface area contributed by atoms with Crippen molar-refractivity contribution < 1.29 is 21.6 Å². The van der Waals surface area contributed by atoms with Crippen LogP contribution in [0.25, 0.3) is 17.0 Å². The highest BCUT2D eigenvalue weighted by atomic mass is 32.2. The van der Waals surface area contributed by atoms with Gasteiger partial charge in [-0.3, -0.25) is 4.98 Å². The Morgan fingerprint density at radius 2 is 1.87 bits per heavy atom. The second-order valence-electron chi connectivity index (χ2n) is 12.7. The number of alkyl halides is 3. The van der Waals surface area contributed by atoms with E-state index in [9.17, 15) is 21.6 Å². The lowest BCUT2D eigenvalue weighted by Gasteiger charge is -2.36. The van der Waals surface area contributed by atoms with Crippen LogP contribution in [0.15, 0.2) is 60.8 Å². The molecule has 11 nitrogen and oxygen atoms in total. The number of nitrogens with one attached hydrogen (secondary N) is 2. The molecule has 3 aromatic heterocycles. The third kappa shape index (κ3) is 7.26. The van der Waals surface area contributed by atoms with Crippen LogP contribution in [0, 0.1) is 5.92 Å². The number of halogens is 3. The van der Waals surface area contributed by atoms with Gasteiger partial charge in [0.15, 0.2) is 11.5 Å². The fourth-order valence-corrected chi connectivity index (χ4v) is 7.54. The van der Waals surface area contributed by atoms with E-state index in [1.54, 1.807) is 30.5 Å². The largest absolute Gasteiger partial charge is 0.394 e. The Bertz CT molecular complexity index is 1740. The average Bonchev–Trinajstić information content (AvgIpc) is 3.74. The number of pyridine rings is 1. The van der Waals surface area contributed by atoms with E-state index in [4.69, 9.17) is 5.73 Å². The summed E-state index contributed by atoms with van der Waals surface area (Å²) < 4.78 is 65.9. The predicted molar refractivity (Wildman–Crippen MR) is 167 cm³/mol. The quantitative estimate of drug-likeness (QED) is 0.296. The lowest BCUT2D eigenvalue weighted by Crippen LogP contribution is -2.50. The molecule has 2 saturated carbocycles. The van der Waals surface area contributed by atoms with Crippen LogP contribution >= 0.6 is 0 Å². The van der Waals surface area contributed by atoms with Gasteiger partial charge in [-0.15, -0.1) is 0 Å². The molecule has 4 heterocycles. The van der Waals surface area contributed by atoms with Crippen LogP contribution in [0.5, 0.6) is 0 Å². The molecule has 6 rings (SSSR count). The number of dihydropyridines is 1. The molecule has 0 radical (unpaired) electrons. The summed E-state index contributed by atoms with van der Waals surface area (Å²) in [5.41, 5.74) is 7.94. The maximum absolute atomic E-state index is 13.2. The van der Waals surface area contributed by atoms with Crippen LogP contribution in [0.3, 0.4) is 0 Å². The second-order valence-corrected chi connectivity index (χ2v) is 14.7. The molecule has 1 atom stereocenters. The molecular weight excluding hydrogens is 619 g/mol. The molecule has 246 valence electrons. The predicted octanol–water partition coefficient (Wildman–Crippen LogP) is 3.53. The molecule has 1 aliphatic heterocycles. The van der Waals surface area contributed by atoms with Gasteiger partial charge in [-0.1, -0.05) is 6.07 Å². The Hall–Kier alpha value is -3.82. The van der Waals surface area contributed by atoms with Crippen LogP contribution in [-0.4, -0.2) is 75.6 Å². The van der Waals surface area contributed by atoms with Gasteiger partial charge in [-0.2, -0.15) is 22.4 Å². The number of aromatic nitrogens is 5. The Morgan fingerprint density at radius 3 is 2.57 bits per heavy atom. The molecule has 0 aromatic carbocycles. The topological polar surface area (TPSA) is 144 Å². The van der Waals surface area contributed by atoms with Crippen LogP contribution in [-0.2, 0) is 22.1 Å². The fraction of sp³-hybridized carbons (Fsp3) is 0.484. The summed E-state index contributed by atoms with van der Waals surface area (Å²) >= 11 is 0. The van der Waals surface area contributed by atoms with Crippen LogP contribution in [0.1, 0.15) is 55.6 Å². The molecule has 3 aromatic rings. The minimum Gasteiger partial charge on any atom is -0.382 e. The van der Waals surface area contributed by atoms with Crippen molar-refractivity contribution in [1.82, 2.24) is 39.7 Å². The zero-order valence-electron chi connectivity index (χ0n) is 25.7. The van der Waals surface area contributed by atoms with E-state index < -0.39 is 33.5 Å². The Kier molecular flexibility index (Phi) is 8.67. The number of nitrogens with zero attached hydrogens (tertiary/aromatic N) is 6. The van der Waals surface area contributed by atoms with Crippen molar-refractivity contribution >= 4 is 15.6 Å². The average molecular weight is 658 g/mol. The second kappa shape index (κ2) is 12.4. The summed E-state index contributed by atoms with van der Waals surface area (Å²) in [6.07, 6.45) is 7.44. The van der Waals surface area contributed by atoms with E-state index >= 15 is 0 Å². The van der Waals surface area contributed by atoms with Gasteiger partial charge in [0.1, 0.15) is 0 Å². The molecule has 1 unspecified atom stereocenters. The van der Waals surface area contributed by atoms with Gasteiger partial charge >= 0.3 is 6.18 Å². The maximum Gasteiger partial charge on any atom is 0.394 e. The Balaban J connectivity index is 1.30. The zero-order chi connectivity index (χ0) is 32.7. The Morgan fingerprint density at radius 1 is 1.11 bits per heavy atom. The molecule has 0 bridgehead atoms. The van der Waals surface area contributed by atoms with Gasteiger partial charge in [0.05, 0.1) is 46.7 Å². The van der Waals surface area contributed by atoms with Crippen molar-refractivity contribution in [2.75, 3.05) is 20.6 Å². The van der Waals surface area contributed by atoms with Crippen molar-refractivity contribution in [3.63, 3.8) is 0 Å². The first kappa shape index (κ1) is 32.1. The SMILES string of the molecule is CN(C)CC1CCC(NC2=CC(N)(c3ccnc(-c4cnn(S(=O)(=O)C5CC5)c4)n3)NC=C2c2cccc(CC(F)(F)F)n2)CC1. The lowest BCUT2D eigenvalue weighted by molar-refractivity contribution is -0.127. The van der Waals surface area contributed by atoms with Crippen LogP contribution in [0.2, 0.25) is 0 Å². The molecule has 3 aliphatic rings. The zero-order valence-corrected chi connectivity index (χ0v) is 26.5. The van der Waals surface area contributed by atoms with Gasteiger partial charge in [0.2, 0.25) is 0 Å². The Labute approximate surface area is 266 Å². The van der Waals surface area contributed by atoms with Crippen molar-refractivity contribution in [3.8, 4) is 11.4 Å². The normalized spacial score (nSPS) is 23.9. The summed E-state index contributed by atoms with van der Waals surface area (Å²) in [4.78, 5) is 15.5. The van der Waals surface area contributed by atoms with Crippen LogP contribution < -0.4 is 16.4 Å². The first-order valence-electron chi connectivity index (χ1n) is 15.4. The third-order valence-electron chi connectivity index (χ3n) is 8.52. The number of hydrogen-bond donors (Lipinski definition) is 3. The summed E-state index contributed by atoms with van der Waals surface area (Å²) in [5, 5.41) is 10.4. The first-order valence-corrected chi connectivity index (χ1v) is 16.9. The van der Waals surface area contributed by atoms with E-state index in [0.29, 0.717) is 47.0 Å². The molecule has 15 heteroatoms. The number of hydrogen-bond acceptors (Lipinski definition) is 10. The number of allylic oxidation sites excluding steroid dienone is 1. The van der Waals surface area contributed by atoms with E-state index in [0.717, 1.165) is 36.3 Å². The van der Waals surface area contributed by atoms with Crippen molar-refractivity contribution in [2.24, 2.45) is 11.7 Å². The van der Waals surface area contributed by atoms with Crippen molar-refractivity contribution in [2.45, 2.75) is 68.1 Å². The van der Waals surface area contributed by atoms with Crippen molar-refractivity contribution in [3.05, 3.63) is 77.9 Å². The molecule has 0 amide bonds. The van der Waals surface area contributed by atoms with Crippen LogP contribution in [0.4, 0.5) is 13.2 Å². The van der Waals surface area contributed by atoms with E-state index in [1.165, 1.54) is 24.7 Å². The molecule has 4 N–H and O–H groups in total. The van der Waals surface area contributed by atoms with Gasteiger partial charge in [-0.05, 0) is 82.8 Å².